The van der Waals surface area contributed by atoms with Crippen LogP contribution in [0.1, 0.15) is 36.3 Å². The zero-order valence-electron chi connectivity index (χ0n) is 40.6. The fraction of sp³-hybridized carbons (Fsp3) is 0.412. The van der Waals surface area contributed by atoms with Gasteiger partial charge in [0.15, 0.2) is 11.5 Å². The van der Waals surface area contributed by atoms with Gasteiger partial charge < -0.3 is 44.0 Å². The molecule has 3 fully saturated rings. The van der Waals surface area contributed by atoms with Crippen LogP contribution in [0.15, 0.2) is 71.4 Å². The zero-order chi connectivity index (χ0) is 50.5. The number of rotatable bonds is 13. The van der Waals surface area contributed by atoms with Crippen molar-refractivity contribution >= 4 is 95.9 Å². The Labute approximate surface area is 440 Å². The Balaban J connectivity index is 0.887. The van der Waals surface area contributed by atoms with E-state index in [1.807, 2.05) is 17.0 Å². The number of ether oxygens (including phenoxy) is 1. The zero-order valence-corrected chi connectivity index (χ0v) is 43.7. The van der Waals surface area contributed by atoms with Crippen molar-refractivity contribution in [3.05, 3.63) is 104 Å². The highest BCUT2D eigenvalue weighted by Gasteiger charge is 2.36. The number of halogens is 4. The maximum Gasteiger partial charge on any atom is 0.318 e. The number of carbonyl (C=O) groups excluding carboxylic acids is 1. The summed E-state index contributed by atoms with van der Waals surface area (Å²) in [4.78, 5) is 57.8. The molecule has 7 aromatic rings. The third-order valence-electron chi connectivity index (χ3n) is 14.6. The average molecular weight is 1090 g/mol. The molecule has 1 amide bonds. The van der Waals surface area contributed by atoms with Gasteiger partial charge in [0.05, 0.1) is 70.1 Å². The van der Waals surface area contributed by atoms with Crippen LogP contribution in [0.3, 0.4) is 0 Å². The van der Waals surface area contributed by atoms with Crippen LogP contribution in [0.5, 0.6) is 6.01 Å². The predicted octanol–water partition coefficient (Wildman–Crippen LogP) is 7.13. The maximum atomic E-state index is 15.3. The van der Waals surface area contributed by atoms with E-state index >= 15 is 4.39 Å². The van der Waals surface area contributed by atoms with Crippen LogP contribution < -0.4 is 24.3 Å². The van der Waals surface area contributed by atoms with Crippen LogP contribution in [0.4, 0.5) is 27.8 Å². The minimum Gasteiger partial charge on any atom is -0.462 e. The Morgan fingerprint density at radius 3 is 2.55 bits per heavy atom. The number of likely N-dealkylation sites (tertiary alicyclic amines) is 1. The molecule has 0 saturated carbocycles. The van der Waals surface area contributed by atoms with Gasteiger partial charge in [0.2, 0.25) is 11.9 Å². The summed E-state index contributed by atoms with van der Waals surface area (Å²) in [6.45, 7) is 11.3. The second kappa shape index (κ2) is 20.5. The van der Waals surface area contributed by atoms with Crippen LogP contribution in [0, 0.1) is 17.1 Å². The smallest absolute Gasteiger partial charge is 0.318 e. The Morgan fingerprint density at radius 1 is 0.945 bits per heavy atom. The number of aromatic nitrogens is 8. The molecular weight excluding hydrogens is 1040 g/mol. The van der Waals surface area contributed by atoms with E-state index in [2.05, 4.69) is 107 Å². The first-order chi connectivity index (χ1) is 35.4. The Bertz CT molecular complexity index is 3300. The highest BCUT2D eigenvalue weighted by Crippen LogP contribution is 2.38. The van der Waals surface area contributed by atoms with Crippen molar-refractivity contribution in [3.63, 3.8) is 0 Å². The van der Waals surface area contributed by atoms with E-state index in [0.717, 1.165) is 66.0 Å². The summed E-state index contributed by atoms with van der Waals surface area (Å²) in [5.74, 6) is 1.10. The number of hydrogen-bond donors (Lipinski definition) is 1. The minimum absolute atomic E-state index is 0.0148. The van der Waals surface area contributed by atoms with Gasteiger partial charge >= 0.3 is 6.01 Å². The molecule has 378 valence electrons. The third kappa shape index (κ3) is 9.69. The number of nitrogens with zero attached hydrogens (tertiary/aromatic N) is 15. The number of nitrogens with one attached hydrogen (secondary N) is 1. The normalized spacial score (nSPS) is 18.8. The van der Waals surface area contributed by atoms with Crippen molar-refractivity contribution in [3.8, 4) is 12.1 Å². The van der Waals surface area contributed by atoms with Crippen molar-refractivity contribution < 1.29 is 13.9 Å². The van der Waals surface area contributed by atoms with E-state index in [-0.39, 0.29) is 47.6 Å². The Hall–Kier alpha value is -6.37. The first-order valence-corrected chi connectivity index (χ1v) is 26.1. The van der Waals surface area contributed by atoms with E-state index in [1.165, 1.54) is 6.07 Å². The second-order valence-corrected chi connectivity index (χ2v) is 21.0. The van der Waals surface area contributed by atoms with Crippen molar-refractivity contribution in [1.82, 2.24) is 54.2 Å². The summed E-state index contributed by atoms with van der Waals surface area (Å²) >= 11 is 16.6. The molecule has 18 nitrogen and oxygen atoms in total. The fourth-order valence-corrected chi connectivity index (χ4v) is 11.4. The van der Waals surface area contributed by atoms with Crippen molar-refractivity contribution in [1.29, 1.82) is 5.26 Å². The minimum atomic E-state index is -0.635. The number of hydrogen-bond acceptors (Lipinski definition) is 15. The summed E-state index contributed by atoms with van der Waals surface area (Å²) in [6, 6.07) is 17.8. The van der Waals surface area contributed by atoms with Crippen LogP contribution in [-0.2, 0) is 24.3 Å². The van der Waals surface area contributed by atoms with E-state index in [0.29, 0.717) is 103 Å². The van der Waals surface area contributed by atoms with E-state index in [4.69, 9.17) is 47.9 Å². The molecule has 2 atom stereocenters. The number of fused-ring (bicyclic) bond motifs is 4. The van der Waals surface area contributed by atoms with Gasteiger partial charge in [0.1, 0.15) is 23.8 Å². The number of imidazole rings is 1. The Kier molecular flexibility index (Phi) is 13.7. The van der Waals surface area contributed by atoms with Gasteiger partial charge in [-0.3, -0.25) is 4.79 Å². The fourth-order valence-electron chi connectivity index (χ4n) is 10.6. The number of benzene rings is 3. The lowest BCUT2D eigenvalue weighted by Crippen LogP contribution is -2.56. The summed E-state index contributed by atoms with van der Waals surface area (Å²) < 4.78 is 24.0. The first kappa shape index (κ1) is 48.9. The standard InChI is InChI=1S/C51H54BrCl2FN16O2/c1-31(26-69(29-42-58-39-13-12-38(54)44(55)45(39)60-42)51-63-49(66-21-19-64(2)20-22-66)61-47-36(52)25-57-71(47)51)48(72)70-24-23-68(27-33(70)14-16-56)46-35-15-18-67(41-11-5-8-32-7-4-10-37(53)43(32)41)28-40(35)59-50(62-46)73-30-34-9-6-17-65(34)3/h4-5,7-8,10-13,25,33-34H,1,6,9,14-15,17-24,26-30H2,2-3H3,(H,58,60)/t33-,34-/m0/s1. The quantitative estimate of drug-likeness (QED) is 0.116. The molecule has 0 unspecified atom stereocenters. The van der Waals surface area contributed by atoms with Gasteiger partial charge in [-0.25, -0.2) is 9.37 Å². The van der Waals surface area contributed by atoms with Gasteiger partial charge in [-0.15, -0.1) is 0 Å². The predicted molar refractivity (Wildman–Crippen MR) is 284 cm³/mol. The molecule has 1 N–H and O–H groups in total. The van der Waals surface area contributed by atoms with Gasteiger partial charge in [-0.2, -0.15) is 34.8 Å². The molecule has 0 radical (unpaired) electrons. The van der Waals surface area contributed by atoms with Gasteiger partial charge in [0.25, 0.3) is 5.91 Å². The molecule has 8 heterocycles. The molecule has 0 aliphatic carbocycles. The number of likely N-dealkylation sites (N-methyl/N-ethyl adjacent to an activating group) is 2. The van der Waals surface area contributed by atoms with E-state index < -0.39 is 11.9 Å². The number of anilines is 4. The third-order valence-corrected chi connectivity index (χ3v) is 15.8. The Morgan fingerprint density at radius 2 is 1.75 bits per heavy atom. The van der Waals surface area contributed by atoms with E-state index in [1.54, 1.807) is 21.7 Å². The lowest BCUT2D eigenvalue weighted by molar-refractivity contribution is -0.129. The second-order valence-electron chi connectivity index (χ2n) is 19.3. The topological polar surface area (TPSA) is 170 Å². The lowest BCUT2D eigenvalue weighted by Gasteiger charge is -2.43. The van der Waals surface area contributed by atoms with Crippen LogP contribution in [0.25, 0.3) is 27.5 Å². The van der Waals surface area contributed by atoms with Gasteiger partial charge in [0, 0.05) is 80.6 Å². The molecule has 22 heteroatoms. The molecule has 73 heavy (non-hydrogen) atoms. The molecule has 0 spiro atoms. The summed E-state index contributed by atoms with van der Waals surface area (Å²) in [6.07, 6.45) is 4.54. The number of amides is 1. The van der Waals surface area contributed by atoms with Crippen molar-refractivity contribution in [2.24, 2.45) is 0 Å². The molecule has 0 bridgehead atoms. The van der Waals surface area contributed by atoms with E-state index in [9.17, 15) is 10.1 Å². The molecule has 11 rings (SSSR count). The van der Waals surface area contributed by atoms with Crippen molar-refractivity contribution in [2.45, 2.75) is 50.9 Å². The largest absolute Gasteiger partial charge is 0.462 e. The molecule has 4 aliphatic heterocycles. The summed E-state index contributed by atoms with van der Waals surface area (Å²) in [7, 11) is 4.20. The number of aromatic amines is 1. The SMILES string of the molecule is C=C(CN(Cc1nc2c(F)c(Cl)ccc2[nH]1)c1nc(N2CCN(C)CC2)nc2c(Br)cnn12)C(=O)N1CCN(c2nc(OC[C@@H]3CCCN3C)nc3c2CCN(c2cccc4cccc(Cl)c24)C3)C[C@@H]1CC#N. The molecule has 3 saturated heterocycles. The van der Waals surface area contributed by atoms with Crippen LogP contribution in [0.2, 0.25) is 10.0 Å². The summed E-state index contributed by atoms with van der Waals surface area (Å²) in [5, 5.41) is 17.7. The average Bonchev–Trinajstić information content (AvgIpc) is 4.13. The number of carbonyl (C=O) groups is 1. The number of H-pyrrole nitrogens is 1. The highest BCUT2D eigenvalue weighted by molar-refractivity contribution is 9.10. The molecular formula is C51H54BrCl2FN16O2. The maximum absolute atomic E-state index is 15.3. The first-order valence-electron chi connectivity index (χ1n) is 24.6. The highest BCUT2D eigenvalue weighted by atomic mass is 79.9. The molecule has 4 aromatic heterocycles. The molecule has 4 aliphatic rings. The molecule has 3 aromatic carbocycles. The summed E-state index contributed by atoms with van der Waals surface area (Å²) in [5.41, 5.74) is 4.28. The van der Waals surface area contributed by atoms with Gasteiger partial charge in [-0.1, -0.05) is 54.0 Å². The number of nitriles is 1. The van der Waals surface area contributed by atoms with Crippen LogP contribution in [-0.4, -0.2) is 158 Å². The lowest BCUT2D eigenvalue weighted by atomic mass is 10.0. The number of piperazine rings is 2. The van der Waals surface area contributed by atoms with Crippen molar-refractivity contribution in [2.75, 3.05) is 106 Å². The van der Waals surface area contributed by atoms with Gasteiger partial charge in [-0.05, 0) is 85.5 Å². The van der Waals surface area contributed by atoms with Crippen LogP contribution >= 0.6 is 39.1 Å². The monoisotopic (exact) mass is 1090 g/mol.